The highest BCUT2D eigenvalue weighted by molar-refractivity contribution is 6.12. The van der Waals surface area contributed by atoms with Crippen LogP contribution in [0.4, 0.5) is 17.1 Å². The lowest BCUT2D eigenvalue weighted by atomic mass is 9.73. The Balaban J connectivity index is 0.918. The number of nitrogens with zero attached hydrogens (tertiary/aromatic N) is 1. The van der Waals surface area contributed by atoms with Gasteiger partial charge in [-0.2, -0.15) is 0 Å². The van der Waals surface area contributed by atoms with E-state index < -0.39 is 0 Å². The van der Waals surface area contributed by atoms with Gasteiger partial charge in [0.05, 0.1) is 5.69 Å². The highest BCUT2D eigenvalue weighted by Crippen LogP contribution is 2.59. The minimum Gasteiger partial charge on any atom is -0.456 e. The summed E-state index contributed by atoms with van der Waals surface area (Å²) in [5.41, 5.74) is 23.0. The molecule has 0 fully saturated rings. The molecule has 2 aliphatic rings. The van der Waals surface area contributed by atoms with Crippen molar-refractivity contribution in [3.05, 3.63) is 259 Å². The van der Waals surface area contributed by atoms with Crippen molar-refractivity contribution in [2.75, 3.05) is 4.90 Å². The predicted octanol–water partition coefficient (Wildman–Crippen LogP) is 17.0. The van der Waals surface area contributed by atoms with Crippen molar-refractivity contribution in [1.29, 1.82) is 0 Å². The summed E-state index contributed by atoms with van der Waals surface area (Å²) in [6.07, 6.45) is 2.18. The fourth-order valence-electron chi connectivity index (χ4n) is 11.1. The molecule has 0 N–H and O–H groups in total. The Morgan fingerprint density at radius 3 is 1.71 bits per heavy atom. The van der Waals surface area contributed by atoms with E-state index in [4.69, 9.17) is 4.42 Å². The van der Waals surface area contributed by atoms with Gasteiger partial charge in [0.25, 0.3) is 0 Å². The molecule has 1 heterocycles. The van der Waals surface area contributed by atoms with Crippen LogP contribution in [0.1, 0.15) is 28.7 Å². The summed E-state index contributed by atoms with van der Waals surface area (Å²) < 4.78 is 6.29. The van der Waals surface area contributed by atoms with E-state index in [2.05, 4.69) is 229 Å². The van der Waals surface area contributed by atoms with E-state index in [1.54, 1.807) is 0 Å². The second-order valence-electron chi connectivity index (χ2n) is 17.5. The van der Waals surface area contributed by atoms with Gasteiger partial charge in [-0.15, -0.1) is 0 Å². The molecule has 0 saturated heterocycles. The average molecular weight is 830 g/mol. The molecule has 10 aromatic carbocycles. The second-order valence-corrected chi connectivity index (χ2v) is 17.5. The Kier molecular flexibility index (Phi) is 8.60. The SMILES string of the molecule is c1ccc(-c2ccc(-c3ccccc3N(c3ccc(-c4ccc5c(c4)C4(CCc6ccccc64)c4ccccc4-5)cc3)c3ccc(-c4cccc5oc6ccccc6c45)cc3)cc2)cc1. The van der Waals surface area contributed by atoms with Crippen LogP contribution in [0, 0.1) is 0 Å². The number of benzene rings is 10. The third kappa shape index (κ3) is 5.95. The first-order valence-corrected chi connectivity index (χ1v) is 22.7. The number of furan rings is 1. The molecular weight excluding hydrogens is 787 g/mol. The molecule has 1 atom stereocenters. The molecule has 2 aliphatic carbocycles. The third-order valence-electron chi connectivity index (χ3n) is 14.1. The Labute approximate surface area is 379 Å². The molecule has 1 spiro atoms. The van der Waals surface area contributed by atoms with Crippen LogP contribution >= 0.6 is 0 Å². The van der Waals surface area contributed by atoms with Gasteiger partial charge in [-0.3, -0.25) is 0 Å². The molecule has 2 heteroatoms. The molecular formula is C63H43NO. The van der Waals surface area contributed by atoms with Gasteiger partial charge in [-0.1, -0.05) is 188 Å². The van der Waals surface area contributed by atoms with Crippen molar-refractivity contribution in [2.45, 2.75) is 18.3 Å². The van der Waals surface area contributed by atoms with Crippen LogP contribution in [0.15, 0.2) is 241 Å². The minimum atomic E-state index is -0.124. The number of anilines is 3. The Bertz CT molecular complexity index is 3580. The molecule has 0 saturated carbocycles. The van der Waals surface area contributed by atoms with E-state index >= 15 is 0 Å². The van der Waals surface area contributed by atoms with Crippen LogP contribution < -0.4 is 4.90 Å². The lowest BCUT2D eigenvalue weighted by Gasteiger charge is -2.29. The fraction of sp³-hybridized carbons (Fsp3) is 0.0476. The van der Waals surface area contributed by atoms with Crippen molar-refractivity contribution in [3.8, 4) is 55.6 Å². The maximum atomic E-state index is 6.29. The number of para-hydroxylation sites is 2. The maximum Gasteiger partial charge on any atom is 0.136 e. The van der Waals surface area contributed by atoms with Crippen molar-refractivity contribution >= 4 is 39.0 Å². The normalized spacial score (nSPS) is 14.7. The molecule has 1 aromatic heterocycles. The first-order chi connectivity index (χ1) is 32.2. The molecule has 0 aliphatic heterocycles. The predicted molar refractivity (Wildman–Crippen MR) is 270 cm³/mol. The Morgan fingerprint density at radius 2 is 0.892 bits per heavy atom. The minimum absolute atomic E-state index is 0.124. The highest BCUT2D eigenvalue weighted by Gasteiger charge is 2.48. The largest absolute Gasteiger partial charge is 0.456 e. The van der Waals surface area contributed by atoms with Crippen molar-refractivity contribution in [2.24, 2.45) is 0 Å². The summed E-state index contributed by atoms with van der Waals surface area (Å²) in [6, 6.07) is 86.6. The van der Waals surface area contributed by atoms with Crippen molar-refractivity contribution in [3.63, 3.8) is 0 Å². The number of fused-ring (bicyclic) bond motifs is 10. The zero-order valence-electron chi connectivity index (χ0n) is 35.8. The van der Waals surface area contributed by atoms with E-state index in [0.717, 1.165) is 68.5 Å². The standard InChI is InChI=1S/C63H43NO/c1-2-13-42(14-3-1)43-25-27-45(28-26-43)51-16-6-10-22-59(51)64(50-36-31-46(32-37-50)52-19-12-24-61-62(52)55-18-7-11-23-60(55)65-61)49-34-29-44(30-35-49)48-33-38-54-53-17-5-9-21-57(53)63(58(54)41-48)40-39-47-15-4-8-20-56(47)63/h1-38,41H,39-40H2. The fourth-order valence-corrected chi connectivity index (χ4v) is 11.1. The zero-order chi connectivity index (χ0) is 42.9. The molecule has 1 unspecified atom stereocenters. The lowest BCUT2D eigenvalue weighted by Crippen LogP contribution is -2.23. The monoisotopic (exact) mass is 829 g/mol. The summed E-state index contributed by atoms with van der Waals surface area (Å²) in [4.78, 5) is 2.41. The van der Waals surface area contributed by atoms with Gasteiger partial charge in [0.2, 0.25) is 0 Å². The van der Waals surface area contributed by atoms with E-state index in [0.29, 0.717) is 0 Å². The third-order valence-corrected chi connectivity index (χ3v) is 14.1. The average Bonchev–Trinajstić information content (AvgIpc) is 4.05. The van der Waals surface area contributed by atoms with Crippen LogP contribution in [0.5, 0.6) is 0 Å². The van der Waals surface area contributed by atoms with E-state index in [9.17, 15) is 0 Å². The number of hydrogen-bond donors (Lipinski definition) is 0. The number of aryl methyl sites for hydroxylation is 1. The van der Waals surface area contributed by atoms with Gasteiger partial charge >= 0.3 is 0 Å². The van der Waals surface area contributed by atoms with Crippen LogP contribution in [0.25, 0.3) is 77.6 Å². The van der Waals surface area contributed by atoms with Crippen LogP contribution in [-0.2, 0) is 11.8 Å². The first kappa shape index (κ1) is 37.4. The zero-order valence-corrected chi connectivity index (χ0v) is 35.8. The quantitative estimate of drug-likeness (QED) is 0.159. The molecule has 13 rings (SSSR count). The molecule has 0 bridgehead atoms. The van der Waals surface area contributed by atoms with Gasteiger partial charge < -0.3 is 9.32 Å². The lowest BCUT2D eigenvalue weighted by molar-refractivity contribution is 0.626. The molecule has 306 valence electrons. The smallest absolute Gasteiger partial charge is 0.136 e. The van der Waals surface area contributed by atoms with Crippen molar-refractivity contribution in [1.82, 2.24) is 0 Å². The highest BCUT2D eigenvalue weighted by atomic mass is 16.3. The van der Waals surface area contributed by atoms with Gasteiger partial charge in [-0.25, -0.2) is 0 Å². The van der Waals surface area contributed by atoms with Crippen molar-refractivity contribution < 1.29 is 4.42 Å². The molecule has 0 radical (unpaired) electrons. The summed E-state index contributed by atoms with van der Waals surface area (Å²) >= 11 is 0. The first-order valence-electron chi connectivity index (χ1n) is 22.7. The van der Waals surface area contributed by atoms with Crippen LogP contribution in [0.3, 0.4) is 0 Å². The maximum absolute atomic E-state index is 6.29. The molecule has 2 nitrogen and oxygen atoms in total. The number of hydrogen-bond acceptors (Lipinski definition) is 2. The summed E-state index contributed by atoms with van der Waals surface area (Å²) in [6.45, 7) is 0. The Morgan fingerprint density at radius 1 is 0.354 bits per heavy atom. The van der Waals surface area contributed by atoms with Gasteiger partial charge in [-0.05, 0) is 134 Å². The summed E-state index contributed by atoms with van der Waals surface area (Å²) in [5.74, 6) is 0. The van der Waals surface area contributed by atoms with E-state index in [1.807, 2.05) is 12.1 Å². The van der Waals surface area contributed by atoms with E-state index in [-0.39, 0.29) is 5.41 Å². The van der Waals surface area contributed by atoms with Gasteiger partial charge in [0, 0.05) is 33.1 Å². The van der Waals surface area contributed by atoms with Crippen LogP contribution in [0.2, 0.25) is 0 Å². The molecule has 65 heavy (non-hydrogen) atoms. The van der Waals surface area contributed by atoms with E-state index in [1.165, 1.54) is 61.2 Å². The van der Waals surface area contributed by atoms with Gasteiger partial charge in [0.15, 0.2) is 0 Å². The summed E-state index contributed by atoms with van der Waals surface area (Å²) in [7, 11) is 0. The molecule has 11 aromatic rings. The number of rotatable bonds is 7. The van der Waals surface area contributed by atoms with Crippen LogP contribution in [-0.4, -0.2) is 0 Å². The Hall–Kier alpha value is -8.20. The van der Waals surface area contributed by atoms with Gasteiger partial charge in [0.1, 0.15) is 11.2 Å². The molecule has 0 amide bonds. The second kappa shape index (κ2) is 15.0. The topological polar surface area (TPSA) is 16.4 Å². The summed E-state index contributed by atoms with van der Waals surface area (Å²) in [5, 5.41) is 2.28.